The van der Waals surface area contributed by atoms with Gasteiger partial charge in [-0.3, -0.25) is 4.79 Å². The van der Waals surface area contributed by atoms with Crippen molar-refractivity contribution in [1.82, 2.24) is 0 Å². The minimum Gasteiger partial charge on any atom is -0.490 e. The van der Waals surface area contributed by atoms with E-state index in [1.165, 1.54) is 11.3 Å². The second-order valence-corrected chi connectivity index (χ2v) is 5.15. The summed E-state index contributed by atoms with van der Waals surface area (Å²) < 4.78 is 11.2. The van der Waals surface area contributed by atoms with E-state index in [4.69, 9.17) is 9.47 Å². The molecule has 0 N–H and O–H groups in total. The molecular formula is C14H12O3S. The van der Waals surface area contributed by atoms with Gasteiger partial charge >= 0.3 is 0 Å². The Kier molecular flexibility index (Phi) is 3.02. The molecule has 0 saturated carbocycles. The average molecular weight is 260 g/mol. The molecule has 2 heterocycles. The predicted molar refractivity (Wildman–Crippen MR) is 70.7 cm³/mol. The Labute approximate surface area is 109 Å². The maximum Gasteiger partial charge on any atom is 0.161 e. The lowest BCUT2D eigenvalue weighted by Gasteiger charge is -2.08. The number of thiophene rings is 1. The van der Waals surface area contributed by atoms with Gasteiger partial charge in [-0.15, -0.1) is 11.3 Å². The molecule has 0 bridgehead atoms. The van der Waals surface area contributed by atoms with Gasteiger partial charge in [-0.25, -0.2) is 0 Å². The van der Waals surface area contributed by atoms with Crippen LogP contribution in [0.15, 0.2) is 30.3 Å². The zero-order chi connectivity index (χ0) is 12.4. The molecule has 4 heteroatoms. The fourth-order valence-electron chi connectivity index (χ4n) is 1.89. The topological polar surface area (TPSA) is 35.5 Å². The summed E-state index contributed by atoms with van der Waals surface area (Å²) in [5, 5.41) is 0. The Morgan fingerprint density at radius 1 is 1.06 bits per heavy atom. The molecule has 0 spiro atoms. The van der Waals surface area contributed by atoms with E-state index in [-0.39, 0.29) is 0 Å². The van der Waals surface area contributed by atoms with Crippen molar-refractivity contribution in [2.24, 2.45) is 0 Å². The summed E-state index contributed by atoms with van der Waals surface area (Å²) in [6.07, 6.45) is 1.77. The molecule has 0 radical (unpaired) electrons. The van der Waals surface area contributed by atoms with Gasteiger partial charge in [-0.05, 0) is 35.9 Å². The highest BCUT2D eigenvalue weighted by molar-refractivity contribution is 7.17. The molecule has 1 aliphatic rings. The van der Waals surface area contributed by atoms with Gasteiger partial charge in [0.15, 0.2) is 17.8 Å². The molecule has 1 aromatic carbocycles. The molecule has 0 atom stereocenters. The molecule has 0 amide bonds. The molecule has 92 valence electrons. The number of carbonyl (C=O) groups excluding carboxylic acids is 1. The van der Waals surface area contributed by atoms with Crippen LogP contribution >= 0.6 is 11.3 Å². The standard InChI is InChI=1S/C14H12O3S/c15-9-11-3-5-14(18-11)10-2-4-12-13(8-10)17-7-1-6-16-12/h2-5,8-9H,1,6-7H2. The van der Waals surface area contributed by atoms with Gasteiger partial charge in [0.05, 0.1) is 18.1 Å². The maximum absolute atomic E-state index is 10.7. The summed E-state index contributed by atoms with van der Waals surface area (Å²) in [6, 6.07) is 9.68. The van der Waals surface area contributed by atoms with Crippen LogP contribution in [0, 0.1) is 0 Å². The van der Waals surface area contributed by atoms with E-state index in [0.717, 1.165) is 39.5 Å². The number of hydrogen-bond donors (Lipinski definition) is 0. The first kappa shape index (κ1) is 11.3. The number of rotatable bonds is 2. The molecule has 0 fully saturated rings. The molecule has 1 aromatic heterocycles. The quantitative estimate of drug-likeness (QED) is 0.776. The van der Waals surface area contributed by atoms with Crippen molar-refractivity contribution in [3.8, 4) is 21.9 Å². The van der Waals surface area contributed by atoms with E-state index < -0.39 is 0 Å². The van der Waals surface area contributed by atoms with Gasteiger partial charge in [0.1, 0.15) is 0 Å². The van der Waals surface area contributed by atoms with Crippen molar-refractivity contribution in [2.45, 2.75) is 6.42 Å². The van der Waals surface area contributed by atoms with E-state index in [9.17, 15) is 4.79 Å². The monoisotopic (exact) mass is 260 g/mol. The third-order valence-corrected chi connectivity index (χ3v) is 3.83. The number of carbonyl (C=O) groups is 1. The molecule has 3 nitrogen and oxygen atoms in total. The van der Waals surface area contributed by atoms with Crippen LogP contribution in [0.4, 0.5) is 0 Å². The first-order chi connectivity index (χ1) is 8.86. The number of benzene rings is 1. The number of fused-ring (bicyclic) bond motifs is 1. The molecule has 0 aliphatic carbocycles. The zero-order valence-corrected chi connectivity index (χ0v) is 10.5. The van der Waals surface area contributed by atoms with Crippen LogP contribution in [-0.4, -0.2) is 19.5 Å². The SMILES string of the molecule is O=Cc1ccc(-c2ccc3c(c2)OCCCO3)s1. The third-order valence-electron chi connectivity index (χ3n) is 2.77. The van der Waals surface area contributed by atoms with Crippen LogP contribution in [0.2, 0.25) is 0 Å². The Morgan fingerprint density at radius 2 is 1.89 bits per heavy atom. The minimum absolute atomic E-state index is 0.681. The van der Waals surface area contributed by atoms with Crippen LogP contribution in [0.25, 0.3) is 10.4 Å². The lowest BCUT2D eigenvalue weighted by atomic mass is 10.1. The van der Waals surface area contributed by atoms with Gasteiger partial charge in [0, 0.05) is 11.3 Å². The van der Waals surface area contributed by atoms with Crippen LogP contribution in [-0.2, 0) is 0 Å². The van der Waals surface area contributed by atoms with Crippen LogP contribution in [0.3, 0.4) is 0 Å². The highest BCUT2D eigenvalue weighted by Gasteiger charge is 2.12. The smallest absolute Gasteiger partial charge is 0.161 e. The second kappa shape index (κ2) is 4.82. The molecule has 0 unspecified atom stereocenters. The van der Waals surface area contributed by atoms with E-state index in [2.05, 4.69) is 0 Å². The Hall–Kier alpha value is -1.81. The summed E-state index contributed by atoms with van der Waals surface area (Å²) in [7, 11) is 0. The van der Waals surface area contributed by atoms with Gasteiger partial charge in [0.25, 0.3) is 0 Å². The van der Waals surface area contributed by atoms with Crippen molar-refractivity contribution in [1.29, 1.82) is 0 Å². The van der Waals surface area contributed by atoms with Crippen molar-refractivity contribution in [3.63, 3.8) is 0 Å². The number of aldehydes is 1. The molecule has 2 aromatic rings. The van der Waals surface area contributed by atoms with E-state index in [1.807, 2.05) is 30.3 Å². The maximum atomic E-state index is 10.7. The van der Waals surface area contributed by atoms with Gasteiger partial charge in [0.2, 0.25) is 0 Å². The van der Waals surface area contributed by atoms with Crippen LogP contribution < -0.4 is 9.47 Å². The lowest BCUT2D eigenvalue weighted by molar-refractivity contribution is 0.112. The van der Waals surface area contributed by atoms with Crippen molar-refractivity contribution >= 4 is 17.6 Å². The molecule has 3 rings (SSSR count). The third kappa shape index (κ3) is 2.11. The van der Waals surface area contributed by atoms with Crippen LogP contribution in [0.5, 0.6) is 11.5 Å². The normalized spacial score (nSPS) is 14.0. The fourth-order valence-corrected chi connectivity index (χ4v) is 2.71. The Balaban J connectivity index is 1.98. The van der Waals surface area contributed by atoms with Crippen molar-refractivity contribution < 1.29 is 14.3 Å². The summed E-state index contributed by atoms with van der Waals surface area (Å²) in [5.74, 6) is 1.58. The largest absolute Gasteiger partial charge is 0.490 e. The highest BCUT2D eigenvalue weighted by atomic mass is 32.1. The number of ether oxygens (including phenoxy) is 2. The first-order valence-electron chi connectivity index (χ1n) is 5.82. The average Bonchev–Trinajstić information content (AvgIpc) is 2.76. The number of hydrogen-bond acceptors (Lipinski definition) is 4. The van der Waals surface area contributed by atoms with E-state index in [0.29, 0.717) is 13.2 Å². The van der Waals surface area contributed by atoms with Gasteiger partial charge in [-0.1, -0.05) is 0 Å². The van der Waals surface area contributed by atoms with Gasteiger partial charge < -0.3 is 9.47 Å². The molecule has 18 heavy (non-hydrogen) atoms. The zero-order valence-electron chi connectivity index (χ0n) is 9.72. The molecule has 1 aliphatic heterocycles. The van der Waals surface area contributed by atoms with Crippen LogP contribution in [0.1, 0.15) is 16.1 Å². The summed E-state index contributed by atoms with van der Waals surface area (Å²) in [5.41, 5.74) is 1.05. The fraction of sp³-hybridized carbons (Fsp3) is 0.214. The summed E-state index contributed by atoms with van der Waals surface area (Å²) in [4.78, 5) is 12.5. The van der Waals surface area contributed by atoms with Crippen molar-refractivity contribution in [3.05, 3.63) is 35.2 Å². The predicted octanol–water partition coefficient (Wildman–Crippen LogP) is 3.39. The summed E-state index contributed by atoms with van der Waals surface area (Å²) >= 11 is 1.48. The van der Waals surface area contributed by atoms with E-state index in [1.54, 1.807) is 0 Å². The van der Waals surface area contributed by atoms with Gasteiger partial charge in [-0.2, -0.15) is 0 Å². The Morgan fingerprint density at radius 3 is 2.67 bits per heavy atom. The summed E-state index contributed by atoms with van der Waals surface area (Å²) in [6.45, 7) is 1.38. The minimum atomic E-state index is 0.681. The highest BCUT2D eigenvalue weighted by Crippen LogP contribution is 2.36. The van der Waals surface area contributed by atoms with Crippen molar-refractivity contribution in [2.75, 3.05) is 13.2 Å². The van der Waals surface area contributed by atoms with E-state index >= 15 is 0 Å². The molecule has 0 saturated heterocycles. The first-order valence-corrected chi connectivity index (χ1v) is 6.63. The second-order valence-electron chi connectivity index (χ2n) is 4.03. The Bertz CT molecular complexity index is 574. The lowest BCUT2D eigenvalue weighted by Crippen LogP contribution is -1.97. The molecular weight excluding hydrogens is 248 g/mol.